The van der Waals surface area contributed by atoms with Gasteiger partial charge >= 0.3 is 5.97 Å². The molecule has 1 atom stereocenters. The molecule has 0 fully saturated rings. The molecule has 0 saturated carbocycles. The van der Waals surface area contributed by atoms with Crippen LogP contribution in [0.1, 0.15) is 20.3 Å². The first kappa shape index (κ1) is 16.0. The Morgan fingerprint density at radius 2 is 2.00 bits per heavy atom. The number of hydrogen-bond donors (Lipinski definition) is 3. The van der Waals surface area contributed by atoms with E-state index >= 15 is 0 Å². The lowest BCUT2D eigenvalue weighted by Crippen LogP contribution is -2.37. The summed E-state index contributed by atoms with van der Waals surface area (Å²) in [6.45, 7) is 4.56. The number of aliphatic carboxylic acids is 1. The maximum Gasteiger partial charge on any atom is 0.305 e. The van der Waals surface area contributed by atoms with Crippen LogP contribution in [0.4, 0.5) is 5.69 Å². The van der Waals surface area contributed by atoms with Gasteiger partial charge in [-0.05, 0) is 18.1 Å². The molecule has 110 valence electrons. The number of benzene rings is 1. The number of nitrogens with one attached hydrogen (secondary N) is 1. The fraction of sp³-hybridized carbons (Fsp3) is 0.429. The normalized spacial score (nSPS) is 12.0. The summed E-state index contributed by atoms with van der Waals surface area (Å²) in [6, 6.07) is 5.87. The number of amides is 1. The quantitative estimate of drug-likeness (QED) is 0.702. The molecule has 0 aliphatic heterocycles. The van der Waals surface area contributed by atoms with E-state index in [0.717, 1.165) is 0 Å². The first-order chi connectivity index (χ1) is 9.40. The molecule has 4 N–H and O–H groups in total. The third kappa shape index (κ3) is 5.27. The fourth-order valence-corrected chi connectivity index (χ4v) is 1.46. The summed E-state index contributed by atoms with van der Waals surface area (Å²) in [4.78, 5) is 22.3. The predicted octanol–water partition coefficient (Wildman–Crippen LogP) is 1.46. The van der Waals surface area contributed by atoms with Gasteiger partial charge in [-0.15, -0.1) is 0 Å². The summed E-state index contributed by atoms with van der Waals surface area (Å²) in [5, 5.41) is 11.2. The molecule has 0 bridgehead atoms. The van der Waals surface area contributed by atoms with Gasteiger partial charge < -0.3 is 20.9 Å². The molecule has 1 aromatic carbocycles. The van der Waals surface area contributed by atoms with Crippen LogP contribution < -0.4 is 15.8 Å². The molecule has 0 aromatic heterocycles. The van der Waals surface area contributed by atoms with Gasteiger partial charge in [0.25, 0.3) is 0 Å². The number of para-hydroxylation sites is 2. The summed E-state index contributed by atoms with van der Waals surface area (Å²) < 4.78 is 5.59. The van der Waals surface area contributed by atoms with Crippen molar-refractivity contribution in [2.24, 2.45) is 11.7 Å². The van der Waals surface area contributed by atoms with Crippen LogP contribution in [0.2, 0.25) is 0 Å². The number of hydrogen-bond acceptors (Lipinski definition) is 4. The van der Waals surface area contributed by atoms with Crippen molar-refractivity contribution in [1.29, 1.82) is 0 Å². The Balaban J connectivity index is 2.71. The molecule has 0 radical (unpaired) electrons. The molecule has 1 aromatic rings. The lowest BCUT2D eigenvalue weighted by atomic mass is 10.2. The van der Waals surface area contributed by atoms with Crippen molar-refractivity contribution in [2.75, 3.05) is 11.9 Å². The maximum absolute atomic E-state index is 11.8. The topological polar surface area (TPSA) is 102 Å². The van der Waals surface area contributed by atoms with E-state index in [1.165, 1.54) is 0 Å². The minimum Gasteiger partial charge on any atom is -0.491 e. The SMILES string of the molecule is CC(C)COc1ccccc1NC(=O)C(N)CC(=O)O. The number of carbonyl (C=O) groups excluding carboxylic acids is 1. The second-order valence-corrected chi connectivity index (χ2v) is 4.89. The molecule has 20 heavy (non-hydrogen) atoms. The Morgan fingerprint density at radius 1 is 1.35 bits per heavy atom. The third-order valence-electron chi connectivity index (χ3n) is 2.45. The Labute approximate surface area is 117 Å². The molecule has 0 spiro atoms. The summed E-state index contributed by atoms with van der Waals surface area (Å²) in [5.74, 6) is -0.768. The highest BCUT2D eigenvalue weighted by Gasteiger charge is 2.18. The van der Waals surface area contributed by atoms with Gasteiger partial charge in [0.1, 0.15) is 5.75 Å². The maximum atomic E-state index is 11.8. The van der Waals surface area contributed by atoms with Crippen LogP contribution in [-0.4, -0.2) is 29.6 Å². The monoisotopic (exact) mass is 280 g/mol. The summed E-state index contributed by atoms with van der Waals surface area (Å²) in [6.07, 6.45) is -0.416. The number of nitrogens with two attached hydrogens (primary N) is 1. The standard InChI is InChI=1S/C14H20N2O4/c1-9(2)8-20-12-6-4-3-5-11(12)16-14(19)10(15)7-13(17)18/h3-6,9-10H,7-8,15H2,1-2H3,(H,16,19)(H,17,18). The van der Waals surface area contributed by atoms with Gasteiger partial charge in [0, 0.05) is 0 Å². The van der Waals surface area contributed by atoms with Crippen LogP contribution in [0.25, 0.3) is 0 Å². The molecule has 1 rings (SSSR count). The predicted molar refractivity (Wildman–Crippen MR) is 75.6 cm³/mol. The molecule has 1 unspecified atom stereocenters. The van der Waals surface area contributed by atoms with Crippen molar-refractivity contribution in [3.8, 4) is 5.75 Å². The minimum absolute atomic E-state index is 0.355. The van der Waals surface area contributed by atoms with Crippen LogP contribution in [0, 0.1) is 5.92 Å². The van der Waals surface area contributed by atoms with E-state index in [2.05, 4.69) is 5.32 Å². The van der Waals surface area contributed by atoms with Crippen molar-refractivity contribution in [1.82, 2.24) is 0 Å². The Bertz CT molecular complexity index is 474. The molecule has 0 saturated heterocycles. The number of carboxylic acids is 1. The minimum atomic E-state index is -1.11. The zero-order valence-corrected chi connectivity index (χ0v) is 11.6. The Kier molecular flexibility index (Phi) is 5.99. The third-order valence-corrected chi connectivity index (χ3v) is 2.45. The molecule has 0 heterocycles. The molecular weight excluding hydrogens is 260 g/mol. The molecule has 0 aliphatic carbocycles. The van der Waals surface area contributed by atoms with Crippen molar-refractivity contribution in [3.05, 3.63) is 24.3 Å². The van der Waals surface area contributed by atoms with Gasteiger partial charge in [-0.1, -0.05) is 26.0 Å². The van der Waals surface area contributed by atoms with E-state index in [1.54, 1.807) is 24.3 Å². The van der Waals surface area contributed by atoms with E-state index in [1.807, 2.05) is 13.8 Å². The van der Waals surface area contributed by atoms with Crippen LogP contribution >= 0.6 is 0 Å². The summed E-state index contributed by atoms with van der Waals surface area (Å²) in [5.41, 5.74) is 5.99. The van der Waals surface area contributed by atoms with Crippen molar-refractivity contribution in [3.63, 3.8) is 0 Å². The first-order valence-corrected chi connectivity index (χ1v) is 6.40. The number of ether oxygens (including phenoxy) is 1. The van der Waals surface area contributed by atoms with Crippen LogP contribution in [0.15, 0.2) is 24.3 Å². The Hall–Kier alpha value is -2.08. The number of anilines is 1. The van der Waals surface area contributed by atoms with Crippen LogP contribution in [0.3, 0.4) is 0 Å². The van der Waals surface area contributed by atoms with Crippen molar-refractivity contribution in [2.45, 2.75) is 26.3 Å². The molecular formula is C14H20N2O4. The average Bonchev–Trinajstić information content (AvgIpc) is 2.36. The van der Waals surface area contributed by atoms with Gasteiger partial charge in [-0.2, -0.15) is 0 Å². The van der Waals surface area contributed by atoms with Gasteiger partial charge in [-0.25, -0.2) is 0 Å². The molecule has 6 heteroatoms. The van der Waals surface area contributed by atoms with Crippen molar-refractivity contribution < 1.29 is 19.4 Å². The lowest BCUT2D eigenvalue weighted by Gasteiger charge is -2.15. The second kappa shape index (κ2) is 7.49. The molecule has 6 nitrogen and oxygen atoms in total. The highest BCUT2D eigenvalue weighted by molar-refractivity contribution is 5.97. The largest absolute Gasteiger partial charge is 0.491 e. The lowest BCUT2D eigenvalue weighted by molar-refractivity contribution is -0.138. The van der Waals surface area contributed by atoms with Gasteiger partial charge in [0.05, 0.1) is 24.8 Å². The average molecular weight is 280 g/mol. The van der Waals surface area contributed by atoms with Crippen molar-refractivity contribution >= 4 is 17.6 Å². The second-order valence-electron chi connectivity index (χ2n) is 4.89. The number of carboxylic acid groups (broad SMARTS) is 1. The molecule has 0 aliphatic rings. The van der Waals surface area contributed by atoms with Crippen LogP contribution in [-0.2, 0) is 9.59 Å². The van der Waals surface area contributed by atoms with Gasteiger partial charge in [0.2, 0.25) is 5.91 Å². The van der Waals surface area contributed by atoms with E-state index in [-0.39, 0.29) is 0 Å². The Morgan fingerprint density at radius 3 is 2.60 bits per heavy atom. The zero-order valence-electron chi connectivity index (χ0n) is 11.6. The highest BCUT2D eigenvalue weighted by Crippen LogP contribution is 2.24. The zero-order chi connectivity index (χ0) is 15.1. The fourth-order valence-electron chi connectivity index (χ4n) is 1.46. The number of carbonyl (C=O) groups is 2. The van der Waals surface area contributed by atoms with E-state index in [4.69, 9.17) is 15.6 Å². The van der Waals surface area contributed by atoms with E-state index in [9.17, 15) is 9.59 Å². The first-order valence-electron chi connectivity index (χ1n) is 6.40. The van der Waals surface area contributed by atoms with Gasteiger partial charge in [0.15, 0.2) is 0 Å². The van der Waals surface area contributed by atoms with E-state index in [0.29, 0.717) is 24.0 Å². The summed E-state index contributed by atoms with van der Waals surface area (Å²) >= 11 is 0. The van der Waals surface area contributed by atoms with Crippen LogP contribution in [0.5, 0.6) is 5.75 Å². The van der Waals surface area contributed by atoms with Gasteiger partial charge in [-0.3, -0.25) is 9.59 Å². The highest BCUT2D eigenvalue weighted by atomic mass is 16.5. The van der Waals surface area contributed by atoms with E-state index < -0.39 is 24.3 Å². The summed E-state index contributed by atoms with van der Waals surface area (Å²) in [7, 11) is 0. The number of rotatable bonds is 7. The smallest absolute Gasteiger partial charge is 0.305 e. The molecule has 1 amide bonds.